The first-order chi connectivity index (χ1) is 12.5. The lowest BCUT2D eigenvalue weighted by atomic mass is 9.58. The van der Waals surface area contributed by atoms with Gasteiger partial charge in [-0.15, -0.1) is 0 Å². The van der Waals surface area contributed by atoms with Crippen LogP contribution in [0.5, 0.6) is 0 Å². The zero-order chi connectivity index (χ0) is 20.0. The Hall–Kier alpha value is -0.970. The van der Waals surface area contributed by atoms with Crippen LogP contribution in [-0.2, 0) is 14.9 Å². The topological polar surface area (TPSA) is 38.8 Å². The maximum absolute atomic E-state index is 12.9. The highest BCUT2D eigenvalue weighted by atomic mass is 35.5. The first kappa shape index (κ1) is 20.8. The summed E-state index contributed by atoms with van der Waals surface area (Å²) in [7, 11) is 1.71. The Morgan fingerprint density at radius 2 is 2.00 bits per heavy atom. The standard InChI is InChI=1S/C21H29Cl2NO3/c1-19(2,3)27-18(25)24-12-20(4,13-26-5)21(9-8-15(24)11-21)14-6-7-16(22)17(23)10-14/h6-7,10,15H,8-9,11-13H2,1-5H3/t15-,20+,21+/m0/s1. The van der Waals surface area contributed by atoms with Gasteiger partial charge in [-0.2, -0.15) is 0 Å². The average molecular weight is 414 g/mol. The zero-order valence-electron chi connectivity index (χ0n) is 16.8. The molecule has 3 rings (SSSR count). The summed E-state index contributed by atoms with van der Waals surface area (Å²) in [6.07, 6.45) is 2.57. The van der Waals surface area contributed by atoms with Gasteiger partial charge in [-0.25, -0.2) is 4.79 Å². The van der Waals surface area contributed by atoms with Crippen molar-refractivity contribution in [1.82, 2.24) is 4.90 Å². The molecule has 0 spiro atoms. The van der Waals surface area contributed by atoms with Crippen molar-refractivity contribution >= 4 is 29.3 Å². The average Bonchev–Trinajstić information content (AvgIpc) is 2.96. The number of carbonyl (C=O) groups excluding carboxylic acids is 1. The second kappa shape index (κ2) is 7.13. The van der Waals surface area contributed by atoms with Crippen LogP contribution < -0.4 is 0 Å². The van der Waals surface area contributed by atoms with Crippen molar-refractivity contribution in [3.8, 4) is 0 Å². The lowest BCUT2D eigenvalue weighted by Crippen LogP contribution is -2.59. The summed E-state index contributed by atoms with van der Waals surface area (Å²) in [6.45, 7) is 9.06. The van der Waals surface area contributed by atoms with Gasteiger partial charge in [-0.05, 0) is 57.7 Å². The van der Waals surface area contributed by atoms with Crippen molar-refractivity contribution in [3.63, 3.8) is 0 Å². The van der Waals surface area contributed by atoms with Gasteiger partial charge in [0.1, 0.15) is 5.60 Å². The molecule has 2 fully saturated rings. The van der Waals surface area contributed by atoms with Crippen LogP contribution in [-0.4, -0.2) is 42.9 Å². The molecule has 3 atom stereocenters. The number of methoxy groups -OCH3 is 1. The number of amides is 1. The van der Waals surface area contributed by atoms with Crippen molar-refractivity contribution in [2.45, 2.75) is 64.0 Å². The van der Waals surface area contributed by atoms with Crippen molar-refractivity contribution in [2.24, 2.45) is 5.41 Å². The minimum atomic E-state index is -0.508. The minimum Gasteiger partial charge on any atom is -0.444 e. The van der Waals surface area contributed by atoms with Gasteiger partial charge in [0.15, 0.2) is 0 Å². The van der Waals surface area contributed by atoms with Crippen LogP contribution in [0, 0.1) is 5.41 Å². The molecule has 1 saturated heterocycles. The number of piperidine rings is 1. The molecule has 2 bridgehead atoms. The lowest BCUT2D eigenvalue weighted by molar-refractivity contribution is -0.0487. The summed E-state index contributed by atoms with van der Waals surface area (Å²) in [4.78, 5) is 14.8. The maximum atomic E-state index is 12.9. The smallest absolute Gasteiger partial charge is 0.410 e. The lowest BCUT2D eigenvalue weighted by Gasteiger charge is -2.53. The Kier molecular flexibility index (Phi) is 5.48. The van der Waals surface area contributed by atoms with Gasteiger partial charge in [0.05, 0.1) is 16.7 Å². The van der Waals surface area contributed by atoms with Gasteiger partial charge in [0, 0.05) is 30.5 Å². The van der Waals surface area contributed by atoms with Crippen molar-refractivity contribution in [2.75, 3.05) is 20.3 Å². The van der Waals surface area contributed by atoms with Gasteiger partial charge in [-0.3, -0.25) is 0 Å². The van der Waals surface area contributed by atoms with Gasteiger partial charge >= 0.3 is 6.09 Å². The van der Waals surface area contributed by atoms with Gasteiger partial charge in [0.2, 0.25) is 0 Å². The van der Waals surface area contributed by atoms with Crippen molar-refractivity contribution < 1.29 is 14.3 Å². The number of ether oxygens (including phenoxy) is 2. The Morgan fingerprint density at radius 1 is 1.30 bits per heavy atom. The second-order valence-corrected chi connectivity index (χ2v) is 10.0. The van der Waals surface area contributed by atoms with E-state index >= 15 is 0 Å². The molecule has 1 aromatic carbocycles. The molecule has 0 aromatic heterocycles. The number of hydrogen-bond donors (Lipinski definition) is 0. The minimum absolute atomic E-state index is 0.0968. The van der Waals surface area contributed by atoms with E-state index in [1.807, 2.05) is 37.8 Å². The molecule has 1 aliphatic carbocycles. The predicted molar refractivity (Wildman–Crippen MR) is 109 cm³/mol. The molecule has 27 heavy (non-hydrogen) atoms. The number of nitrogens with zero attached hydrogens (tertiary/aromatic N) is 1. The summed E-state index contributed by atoms with van der Waals surface area (Å²) in [5, 5.41) is 1.13. The van der Waals surface area contributed by atoms with E-state index in [0.29, 0.717) is 23.2 Å². The quantitative estimate of drug-likeness (QED) is 0.638. The Labute approximate surface area is 172 Å². The highest BCUT2D eigenvalue weighted by molar-refractivity contribution is 6.42. The second-order valence-electron chi connectivity index (χ2n) is 9.21. The van der Waals surface area contributed by atoms with E-state index in [2.05, 4.69) is 13.0 Å². The fourth-order valence-electron chi connectivity index (χ4n) is 4.93. The van der Waals surface area contributed by atoms with Gasteiger partial charge < -0.3 is 14.4 Å². The van der Waals surface area contributed by atoms with Crippen LogP contribution in [0.25, 0.3) is 0 Å². The van der Waals surface area contributed by atoms with Crippen LogP contribution in [0.3, 0.4) is 0 Å². The van der Waals surface area contributed by atoms with Crippen LogP contribution in [0.2, 0.25) is 10.0 Å². The molecule has 4 nitrogen and oxygen atoms in total. The molecule has 1 amide bonds. The number of likely N-dealkylation sites (tertiary alicyclic amines) is 1. The maximum Gasteiger partial charge on any atom is 0.410 e. The summed E-state index contributed by atoms with van der Waals surface area (Å²) < 4.78 is 11.3. The van der Waals surface area contributed by atoms with Crippen LogP contribution in [0.1, 0.15) is 52.5 Å². The van der Waals surface area contributed by atoms with E-state index in [0.717, 1.165) is 19.3 Å². The number of fused-ring (bicyclic) bond motifs is 2. The number of hydrogen-bond acceptors (Lipinski definition) is 3. The van der Waals surface area contributed by atoms with E-state index < -0.39 is 5.60 Å². The van der Waals surface area contributed by atoms with Crippen LogP contribution in [0.15, 0.2) is 18.2 Å². The summed E-state index contributed by atoms with van der Waals surface area (Å²) in [5.74, 6) is 0. The number of benzene rings is 1. The van der Waals surface area contributed by atoms with Crippen molar-refractivity contribution in [1.29, 1.82) is 0 Å². The Balaban J connectivity index is 1.98. The van der Waals surface area contributed by atoms with Crippen molar-refractivity contribution in [3.05, 3.63) is 33.8 Å². The third kappa shape index (κ3) is 3.68. The molecule has 2 aliphatic rings. The molecular weight excluding hydrogens is 385 g/mol. The van der Waals surface area contributed by atoms with E-state index in [-0.39, 0.29) is 23.0 Å². The van der Waals surface area contributed by atoms with E-state index in [1.165, 1.54) is 5.56 Å². The molecule has 1 saturated carbocycles. The molecule has 0 radical (unpaired) electrons. The third-order valence-corrected chi connectivity index (χ3v) is 6.91. The van der Waals surface area contributed by atoms with E-state index in [1.54, 1.807) is 7.11 Å². The monoisotopic (exact) mass is 413 g/mol. The molecular formula is C21H29Cl2NO3. The number of carbonyl (C=O) groups is 1. The van der Waals surface area contributed by atoms with E-state index in [4.69, 9.17) is 32.7 Å². The van der Waals surface area contributed by atoms with Gasteiger partial charge in [-0.1, -0.05) is 36.2 Å². The first-order valence-corrected chi connectivity index (χ1v) is 10.2. The van der Waals surface area contributed by atoms with Crippen LogP contribution >= 0.6 is 23.2 Å². The third-order valence-electron chi connectivity index (χ3n) is 6.17. The molecule has 1 heterocycles. The fourth-order valence-corrected chi connectivity index (χ4v) is 5.23. The predicted octanol–water partition coefficient (Wildman–Crippen LogP) is 5.69. The highest BCUT2D eigenvalue weighted by Gasteiger charge is 2.60. The highest BCUT2D eigenvalue weighted by Crippen LogP contribution is 2.58. The number of halogens is 2. The summed E-state index contributed by atoms with van der Waals surface area (Å²) >= 11 is 12.5. The summed E-state index contributed by atoms with van der Waals surface area (Å²) in [6, 6.07) is 6.10. The number of rotatable bonds is 3. The molecule has 0 unspecified atom stereocenters. The summed E-state index contributed by atoms with van der Waals surface area (Å²) in [5.41, 5.74) is 0.331. The molecule has 1 aromatic rings. The Morgan fingerprint density at radius 3 is 2.59 bits per heavy atom. The normalized spacial score (nSPS) is 30.5. The van der Waals surface area contributed by atoms with E-state index in [9.17, 15) is 4.79 Å². The SMILES string of the molecule is COC[C@@]1(C)CN(C(=O)OC(C)(C)C)[C@H]2CC[C@]1(c1ccc(Cl)c(Cl)c1)C2. The molecule has 6 heteroatoms. The van der Waals surface area contributed by atoms with Crippen LogP contribution in [0.4, 0.5) is 4.79 Å². The fraction of sp³-hybridized carbons (Fsp3) is 0.667. The Bertz CT molecular complexity index is 733. The molecule has 0 N–H and O–H groups in total. The largest absolute Gasteiger partial charge is 0.444 e. The first-order valence-electron chi connectivity index (χ1n) is 9.45. The van der Waals surface area contributed by atoms with Gasteiger partial charge in [0.25, 0.3) is 0 Å². The molecule has 150 valence electrons. The zero-order valence-corrected chi connectivity index (χ0v) is 18.3. The molecule has 1 aliphatic heterocycles.